The van der Waals surface area contributed by atoms with Gasteiger partial charge in [-0.15, -0.1) is 0 Å². The van der Waals surface area contributed by atoms with E-state index in [1.807, 2.05) is 29.2 Å². The van der Waals surface area contributed by atoms with E-state index in [4.69, 9.17) is 14.9 Å². The first-order valence-corrected chi connectivity index (χ1v) is 7.24. The summed E-state index contributed by atoms with van der Waals surface area (Å²) < 4.78 is 10.9. The van der Waals surface area contributed by atoms with Gasteiger partial charge in [-0.3, -0.25) is 4.79 Å². The Bertz CT molecular complexity index is 637. The maximum absolute atomic E-state index is 12.8. The van der Waals surface area contributed by atoms with Crippen molar-refractivity contribution < 1.29 is 13.9 Å². The summed E-state index contributed by atoms with van der Waals surface area (Å²) >= 11 is 0. The summed E-state index contributed by atoms with van der Waals surface area (Å²) in [6, 6.07) is 7.60. The third-order valence-corrected chi connectivity index (χ3v) is 4.25. The summed E-state index contributed by atoms with van der Waals surface area (Å²) in [5, 5.41) is 0.854. The maximum Gasteiger partial charge on any atom is 0.258 e. The van der Waals surface area contributed by atoms with E-state index in [0.29, 0.717) is 18.7 Å². The van der Waals surface area contributed by atoms with E-state index < -0.39 is 0 Å². The number of likely N-dealkylation sites (tertiary alicyclic amines) is 1. The number of benzene rings is 1. The van der Waals surface area contributed by atoms with Crippen LogP contribution in [0.25, 0.3) is 11.0 Å². The van der Waals surface area contributed by atoms with E-state index in [0.717, 1.165) is 23.8 Å². The first-order valence-electron chi connectivity index (χ1n) is 7.24. The summed E-state index contributed by atoms with van der Waals surface area (Å²) in [7, 11) is 1.71. The molecule has 0 unspecified atom stereocenters. The first-order chi connectivity index (χ1) is 10.2. The molecule has 1 saturated heterocycles. The number of rotatable bonds is 3. The normalized spacial score (nSPS) is 22.7. The zero-order valence-electron chi connectivity index (χ0n) is 12.1. The van der Waals surface area contributed by atoms with Crippen molar-refractivity contribution in [3.05, 3.63) is 36.1 Å². The molecular weight excluding hydrogens is 268 g/mol. The van der Waals surface area contributed by atoms with Crippen LogP contribution in [0.2, 0.25) is 0 Å². The standard InChI is InChI=1S/C16H20N2O3/c1-20-12-6-7-18(11(8-12)9-17)16(19)14-10-21-15-5-3-2-4-13(14)15/h2-5,10-12H,6-9,17H2,1H3/t11-,12+/m1/s1. The lowest BCUT2D eigenvalue weighted by molar-refractivity contribution is 0.0139. The highest BCUT2D eigenvalue weighted by Gasteiger charge is 2.32. The second-order valence-corrected chi connectivity index (χ2v) is 5.42. The Balaban J connectivity index is 1.87. The SMILES string of the molecule is CO[C@H]1CCN(C(=O)c2coc3ccccc23)[C@@H](CN)C1. The molecule has 1 aromatic carbocycles. The van der Waals surface area contributed by atoms with Crippen LogP contribution in [0.15, 0.2) is 34.9 Å². The predicted molar refractivity (Wildman–Crippen MR) is 80.1 cm³/mol. The number of piperidine rings is 1. The van der Waals surface area contributed by atoms with Crippen molar-refractivity contribution in [2.24, 2.45) is 5.73 Å². The van der Waals surface area contributed by atoms with Crippen LogP contribution in [0.1, 0.15) is 23.2 Å². The Kier molecular flexibility index (Phi) is 3.94. The van der Waals surface area contributed by atoms with Gasteiger partial charge in [-0.2, -0.15) is 0 Å². The van der Waals surface area contributed by atoms with Crippen molar-refractivity contribution >= 4 is 16.9 Å². The van der Waals surface area contributed by atoms with Crippen LogP contribution < -0.4 is 5.73 Å². The highest BCUT2D eigenvalue weighted by Crippen LogP contribution is 2.26. The van der Waals surface area contributed by atoms with Crippen LogP contribution in [0.3, 0.4) is 0 Å². The summed E-state index contributed by atoms with van der Waals surface area (Å²) in [6.07, 6.45) is 3.36. The fraction of sp³-hybridized carbons (Fsp3) is 0.438. The monoisotopic (exact) mass is 288 g/mol. The van der Waals surface area contributed by atoms with Crippen LogP contribution >= 0.6 is 0 Å². The molecule has 1 amide bonds. The number of amides is 1. The third kappa shape index (κ3) is 2.54. The molecule has 0 spiro atoms. The highest BCUT2D eigenvalue weighted by atomic mass is 16.5. The smallest absolute Gasteiger partial charge is 0.258 e. The highest BCUT2D eigenvalue weighted by molar-refractivity contribution is 6.06. The number of furan rings is 1. The van der Waals surface area contributed by atoms with Gasteiger partial charge in [0.15, 0.2) is 0 Å². The van der Waals surface area contributed by atoms with Crippen LogP contribution in [0.5, 0.6) is 0 Å². The second-order valence-electron chi connectivity index (χ2n) is 5.42. The van der Waals surface area contributed by atoms with Gasteiger partial charge >= 0.3 is 0 Å². The number of carbonyl (C=O) groups is 1. The molecule has 5 heteroatoms. The number of hydrogen-bond donors (Lipinski definition) is 1. The molecule has 1 aliphatic rings. The van der Waals surface area contributed by atoms with E-state index in [9.17, 15) is 4.79 Å². The third-order valence-electron chi connectivity index (χ3n) is 4.25. The van der Waals surface area contributed by atoms with Crippen LogP contribution in [-0.2, 0) is 4.74 Å². The van der Waals surface area contributed by atoms with E-state index >= 15 is 0 Å². The number of ether oxygens (including phenoxy) is 1. The fourth-order valence-corrected chi connectivity index (χ4v) is 3.02. The van der Waals surface area contributed by atoms with Crippen molar-refractivity contribution in [1.82, 2.24) is 4.90 Å². The van der Waals surface area contributed by atoms with Crippen LogP contribution in [0, 0.1) is 0 Å². The lowest BCUT2D eigenvalue weighted by Crippen LogP contribution is -2.51. The Labute approximate surface area is 123 Å². The van der Waals surface area contributed by atoms with Gasteiger partial charge in [0.1, 0.15) is 11.8 Å². The van der Waals surface area contributed by atoms with Crippen molar-refractivity contribution in [3.63, 3.8) is 0 Å². The van der Waals surface area contributed by atoms with Crippen molar-refractivity contribution in [3.8, 4) is 0 Å². The summed E-state index contributed by atoms with van der Waals surface area (Å²) in [5.41, 5.74) is 7.19. The Morgan fingerprint density at radius 3 is 3.05 bits per heavy atom. The zero-order valence-corrected chi connectivity index (χ0v) is 12.1. The Hall–Kier alpha value is -1.85. The molecule has 21 heavy (non-hydrogen) atoms. The lowest BCUT2D eigenvalue weighted by atomic mass is 9.98. The van der Waals surface area contributed by atoms with Gasteiger partial charge < -0.3 is 19.8 Å². The van der Waals surface area contributed by atoms with Gasteiger partial charge in [-0.05, 0) is 18.9 Å². The van der Waals surface area contributed by atoms with Crippen LogP contribution in [0.4, 0.5) is 0 Å². The quantitative estimate of drug-likeness (QED) is 0.938. The zero-order chi connectivity index (χ0) is 14.8. The molecule has 2 heterocycles. The molecule has 0 bridgehead atoms. The molecule has 112 valence electrons. The largest absolute Gasteiger partial charge is 0.463 e. The number of nitrogens with zero attached hydrogens (tertiary/aromatic N) is 1. The number of methoxy groups -OCH3 is 1. The Morgan fingerprint density at radius 2 is 2.29 bits per heavy atom. The van der Waals surface area contributed by atoms with E-state index in [2.05, 4.69) is 0 Å². The molecule has 2 atom stereocenters. The average Bonchev–Trinajstić information content (AvgIpc) is 2.97. The number of nitrogens with two attached hydrogens (primary N) is 1. The van der Waals surface area contributed by atoms with Gasteiger partial charge in [-0.1, -0.05) is 18.2 Å². The summed E-state index contributed by atoms with van der Waals surface area (Å²) in [6.45, 7) is 1.11. The number of carbonyl (C=O) groups excluding carboxylic acids is 1. The van der Waals surface area contributed by atoms with E-state index in [1.165, 1.54) is 0 Å². The van der Waals surface area contributed by atoms with Crippen molar-refractivity contribution in [2.75, 3.05) is 20.2 Å². The van der Waals surface area contributed by atoms with Crippen molar-refractivity contribution in [2.45, 2.75) is 25.0 Å². The molecule has 2 aromatic rings. The molecular formula is C16H20N2O3. The molecule has 1 fully saturated rings. The summed E-state index contributed by atoms with van der Waals surface area (Å²) in [4.78, 5) is 14.7. The molecule has 1 aliphatic heterocycles. The summed E-state index contributed by atoms with van der Waals surface area (Å²) in [5.74, 6) is -0.00930. The topological polar surface area (TPSA) is 68.7 Å². The molecule has 0 radical (unpaired) electrons. The minimum absolute atomic E-state index is 0.00930. The van der Waals surface area contributed by atoms with Gasteiger partial charge in [0, 0.05) is 31.6 Å². The number of hydrogen-bond acceptors (Lipinski definition) is 4. The lowest BCUT2D eigenvalue weighted by Gasteiger charge is -2.38. The number of fused-ring (bicyclic) bond motifs is 1. The molecule has 5 nitrogen and oxygen atoms in total. The first kappa shape index (κ1) is 14.1. The molecule has 0 aliphatic carbocycles. The predicted octanol–water partition coefficient (Wildman–Crippen LogP) is 2.01. The Morgan fingerprint density at radius 1 is 1.48 bits per heavy atom. The van der Waals surface area contributed by atoms with Gasteiger partial charge in [0.2, 0.25) is 0 Å². The molecule has 0 saturated carbocycles. The molecule has 2 N–H and O–H groups in total. The molecule has 3 rings (SSSR count). The average molecular weight is 288 g/mol. The van der Waals surface area contributed by atoms with E-state index in [-0.39, 0.29) is 18.1 Å². The second kappa shape index (κ2) is 5.87. The van der Waals surface area contributed by atoms with Gasteiger partial charge in [-0.25, -0.2) is 0 Å². The molecule has 1 aromatic heterocycles. The van der Waals surface area contributed by atoms with Crippen LogP contribution in [-0.4, -0.2) is 43.2 Å². The van der Waals surface area contributed by atoms with Gasteiger partial charge in [0.25, 0.3) is 5.91 Å². The number of para-hydroxylation sites is 1. The van der Waals surface area contributed by atoms with E-state index in [1.54, 1.807) is 13.4 Å². The fourth-order valence-electron chi connectivity index (χ4n) is 3.02. The minimum atomic E-state index is -0.00930. The van der Waals surface area contributed by atoms with Gasteiger partial charge in [0.05, 0.1) is 11.7 Å². The maximum atomic E-state index is 12.8. The minimum Gasteiger partial charge on any atom is -0.463 e. The van der Waals surface area contributed by atoms with Crippen molar-refractivity contribution in [1.29, 1.82) is 0 Å².